The third kappa shape index (κ3) is 4.59. The molecule has 2 N–H and O–H groups in total. The van der Waals surface area contributed by atoms with Crippen molar-refractivity contribution in [2.24, 2.45) is 0 Å². The van der Waals surface area contributed by atoms with Crippen LogP contribution < -0.4 is 10.2 Å². The molecule has 2 aromatic rings. The van der Waals surface area contributed by atoms with Crippen molar-refractivity contribution in [3.8, 4) is 0 Å². The summed E-state index contributed by atoms with van der Waals surface area (Å²) in [6, 6.07) is 9.06. The van der Waals surface area contributed by atoms with Crippen LogP contribution in [-0.4, -0.2) is 41.2 Å². The first-order valence-electron chi connectivity index (χ1n) is 10.1. The summed E-state index contributed by atoms with van der Waals surface area (Å²) in [5.74, 6) is 0.438. The zero-order chi connectivity index (χ0) is 21.4. The van der Waals surface area contributed by atoms with E-state index in [1.54, 1.807) is 4.90 Å². The van der Waals surface area contributed by atoms with Crippen molar-refractivity contribution in [3.05, 3.63) is 59.4 Å². The predicted molar refractivity (Wildman–Crippen MR) is 106 cm³/mol. The van der Waals surface area contributed by atoms with Gasteiger partial charge in [0.25, 0.3) is 0 Å². The van der Waals surface area contributed by atoms with Crippen LogP contribution in [0.2, 0.25) is 0 Å². The van der Waals surface area contributed by atoms with Gasteiger partial charge in [0.05, 0.1) is 36.0 Å². The summed E-state index contributed by atoms with van der Waals surface area (Å²) in [6.07, 6.45) is 0.749. The average molecular weight is 419 g/mol. The summed E-state index contributed by atoms with van der Waals surface area (Å²) < 4.78 is 38.9. The standard InChI is InChI=1S/C22H24F3N3O2/c23-22(24,25)18-10-19(12-26-11-18)28-8-7-21(13-28,14-29)27-20(30)9-15-1-3-16(4-2-15)17-5-6-17/h1-4,10-12,17,29H,5-9,13-14H2,(H,27,30)/t21-/m0/s1. The van der Waals surface area contributed by atoms with Gasteiger partial charge in [-0.1, -0.05) is 24.3 Å². The van der Waals surface area contributed by atoms with Crippen molar-refractivity contribution in [3.63, 3.8) is 0 Å². The third-order valence-electron chi connectivity index (χ3n) is 5.87. The number of aliphatic hydroxyl groups is 1. The monoisotopic (exact) mass is 419 g/mol. The van der Waals surface area contributed by atoms with E-state index in [0.717, 1.165) is 17.8 Å². The molecule has 1 amide bonds. The number of benzene rings is 1. The van der Waals surface area contributed by atoms with Crippen LogP contribution in [0.15, 0.2) is 42.7 Å². The molecule has 0 radical (unpaired) electrons. The van der Waals surface area contributed by atoms with Gasteiger partial charge in [0, 0.05) is 19.3 Å². The molecule has 2 aliphatic rings. The minimum atomic E-state index is -4.47. The highest BCUT2D eigenvalue weighted by atomic mass is 19.4. The lowest BCUT2D eigenvalue weighted by atomic mass is 9.99. The lowest BCUT2D eigenvalue weighted by molar-refractivity contribution is -0.137. The molecule has 1 saturated carbocycles. The summed E-state index contributed by atoms with van der Waals surface area (Å²) in [5, 5.41) is 12.9. The van der Waals surface area contributed by atoms with E-state index in [2.05, 4.69) is 22.4 Å². The Morgan fingerprint density at radius 3 is 2.60 bits per heavy atom. The number of hydrogen-bond donors (Lipinski definition) is 2. The van der Waals surface area contributed by atoms with Gasteiger partial charge in [0.2, 0.25) is 5.91 Å². The Bertz CT molecular complexity index is 913. The number of carbonyl (C=O) groups is 1. The Balaban J connectivity index is 1.40. The Morgan fingerprint density at radius 1 is 1.23 bits per heavy atom. The van der Waals surface area contributed by atoms with E-state index in [9.17, 15) is 23.1 Å². The molecule has 1 aliphatic heterocycles. The fourth-order valence-electron chi connectivity index (χ4n) is 3.97. The van der Waals surface area contributed by atoms with Crippen molar-refractivity contribution >= 4 is 11.6 Å². The van der Waals surface area contributed by atoms with Gasteiger partial charge in [-0.15, -0.1) is 0 Å². The molecule has 0 unspecified atom stereocenters. The van der Waals surface area contributed by atoms with Gasteiger partial charge < -0.3 is 15.3 Å². The number of nitrogens with one attached hydrogen (secondary N) is 1. The van der Waals surface area contributed by atoms with Gasteiger partial charge in [-0.05, 0) is 42.4 Å². The molecule has 1 aromatic heterocycles. The van der Waals surface area contributed by atoms with Crippen LogP contribution in [0.1, 0.15) is 41.9 Å². The first-order chi connectivity index (χ1) is 14.3. The van der Waals surface area contributed by atoms with E-state index in [1.807, 2.05) is 12.1 Å². The van der Waals surface area contributed by atoms with E-state index in [-0.39, 0.29) is 25.5 Å². The van der Waals surface area contributed by atoms with E-state index >= 15 is 0 Å². The SMILES string of the molecule is O=C(Cc1ccc(C2CC2)cc1)N[C@@]1(CO)CCN(c2cncc(C(F)(F)F)c2)C1. The highest BCUT2D eigenvalue weighted by Crippen LogP contribution is 2.40. The molecule has 30 heavy (non-hydrogen) atoms. The number of aromatic nitrogens is 1. The fraction of sp³-hybridized carbons (Fsp3) is 0.455. The highest BCUT2D eigenvalue weighted by Gasteiger charge is 2.40. The first kappa shape index (κ1) is 20.7. The maximum absolute atomic E-state index is 13.0. The molecule has 0 bridgehead atoms. The van der Waals surface area contributed by atoms with Crippen LogP contribution in [0.3, 0.4) is 0 Å². The molecule has 1 saturated heterocycles. The van der Waals surface area contributed by atoms with E-state index in [1.165, 1.54) is 24.6 Å². The van der Waals surface area contributed by atoms with Crippen LogP contribution in [0.4, 0.5) is 18.9 Å². The smallest absolute Gasteiger partial charge is 0.394 e. The lowest BCUT2D eigenvalue weighted by Crippen LogP contribution is -2.53. The minimum Gasteiger partial charge on any atom is -0.394 e. The molecule has 5 nitrogen and oxygen atoms in total. The molecule has 8 heteroatoms. The van der Waals surface area contributed by atoms with Crippen molar-refractivity contribution in [1.29, 1.82) is 0 Å². The molecular formula is C22H24F3N3O2. The summed E-state index contributed by atoms with van der Waals surface area (Å²) >= 11 is 0. The number of halogens is 3. The van der Waals surface area contributed by atoms with Gasteiger partial charge in [0.15, 0.2) is 0 Å². The molecule has 0 spiro atoms. The number of anilines is 1. The second-order valence-corrected chi connectivity index (χ2v) is 8.28. The highest BCUT2D eigenvalue weighted by molar-refractivity contribution is 5.79. The number of aliphatic hydroxyl groups excluding tert-OH is 1. The molecule has 1 atom stereocenters. The molecule has 4 rings (SSSR count). The van der Waals surface area contributed by atoms with Crippen molar-refractivity contribution < 1.29 is 23.1 Å². The van der Waals surface area contributed by atoms with Crippen LogP contribution >= 0.6 is 0 Å². The predicted octanol–water partition coefficient (Wildman–Crippen LogP) is 3.28. The second-order valence-electron chi connectivity index (χ2n) is 8.28. The summed E-state index contributed by atoms with van der Waals surface area (Å²) in [6.45, 7) is 0.348. The fourth-order valence-corrected chi connectivity index (χ4v) is 3.97. The quantitative estimate of drug-likeness (QED) is 0.754. The normalized spacial score (nSPS) is 21.7. The summed E-state index contributed by atoms with van der Waals surface area (Å²) in [7, 11) is 0. The van der Waals surface area contributed by atoms with Crippen molar-refractivity contribution in [1.82, 2.24) is 10.3 Å². The lowest BCUT2D eigenvalue weighted by Gasteiger charge is -2.29. The second kappa shape index (κ2) is 7.91. The maximum atomic E-state index is 13.0. The van der Waals surface area contributed by atoms with Gasteiger partial charge in [-0.2, -0.15) is 13.2 Å². The zero-order valence-corrected chi connectivity index (χ0v) is 16.5. The average Bonchev–Trinajstić information content (AvgIpc) is 3.48. The molecule has 2 heterocycles. The zero-order valence-electron chi connectivity index (χ0n) is 16.5. The first-order valence-corrected chi connectivity index (χ1v) is 10.1. The molecule has 160 valence electrons. The number of nitrogens with zero attached hydrogens (tertiary/aromatic N) is 2. The molecule has 1 aliphatic carbocycles. The number of rotatable bonds is 6. The van der Waals surface area contributed by atoms with Gasteiger partial charge in [0.1, 0.15) is 0 Å². The molecular weight excluding hydrogens is 395 g/mol. The van der Waals surface area contributed by atoms with Gasteiger partial charge in [-0.25, -0.2) is 0 Å². The van der Waals surface area contributed by atoms with Crippen LogP contribution in [-0.2, 0) is 17.4 Å². The number of hydrogen-bond acceptors (Lipinski definition) is 4. The summed E-state index contributed by atoms with van der Waals surface area (Å²) in [5.41, 5.74) is 0.804. The number of pyridine rings is 1. The Morgan fingerprint density at radius 2 is 1.97 bits per heavy atom. The molecule has 2 fully saturated rings. The third-order valence-corrected chi connectivity index (χ3v) is 5.87. The van der Waals surface area contributed by atoms with Crippen LogP contribution in [0, 0.1) is 0 Å². The Kier molecular flexibility index (Phi) is 5.44. The largest absolute Gasteiger partial charge is 0.417 e. The Labute approximate surface area is 172 Å². The van der Waals surface area contributed by atoms with Gasteiger partial charge in [-0.3, -0.25) is 9.78 Å². The number of alkyl halides is 3. The number of amides is 1. The van der Waals surface area contributed by atoms with Crippen molar-refractivity contribution in [2.75, 3.05) is 24.6 Å². The van der Waals surface area contributed by atoms with Crippen LogP contribution in [0.25, 0.3) is 0 Å². The van der Waals surface area contributed by atoms with E-state index in [0.29, 0.717) is 24.6 Å². The summed E-state index contributed by atoms with van der Waals surface area (Å²) in [4.78, 5) is 18.0. The Hall–Kier alpha value is -2.61. The van der Waals surface area contributed by atoms with Crippen LogP contribution in [0.5, 0.6) is 0 Å². The minimum absolute atomic E-state index is 0.192. The van der Waals surface area contributed by atoms with Crippen molar-refractivity contribution in [2.45, 2.75) is 43.3 Å². The van der Waals surface area contributed by atoms with Gasteiger partial charge >= 0.3 is 6.18 Å². The van der Waals surface area contributed by atoms with E-state index < -0.39 is 17.3 Å². The van der Waals surface area contributed by atoms with E-state index in [4.69, 9.17) is 0 Å². The molecule has 1 aromatic carbocycles. The maximum Gasteiger partial charge on any atom is 0.417 e. The topological polar surface area (TPSA) is 65.5 Å². The number of carbonyl (C=O) groups excluding carboxylic acids is 1.